The number of rotatable bonds is 4. The molecular weight excluding hydrogens is 236 g/mol. The summed E-state index contributed by atoms with van der Waals surface area (Å²) in [5, 5.41) is 7.73. The number of piperidine rings is 1. The molecule has 0 aromatic rings. The lowest BCUT2D eigenvalue weighted by molar-refractivity contribution is 0.00805. The van der Waals surface area contributed by atoms with Crippen molar-refractivity contribution in [1.29, 1.82) is 0 Å². The van der Waals surface area contributed by atoms with E-state index in [2.05, 4.69) is 10.6 Å². The van der Waals surface area contributed by atoms with Gasteiger partial charge in [0.1, 0.15) is 0 Å². The summed E-state index contributed by atoms with van der Waals surface area (Å²) in [5.41, 5.74) is 0. The Morgan fingerprint density at radius 1 is 1.00 bits per heavy atom. The highest BCUT2D eigenvalue weighted by Gasteiger charge is 2.36. The number of methoxy groups -OCH3 is 1. The monoisotopic (exact) mass is 266 g/mol. The van der Waals surface area contributed by atoms with E-state index < -0.39 is 0 Å². The van der Waals surface area contributed by atoms with Gasteiger partial charge in [-0.3, -0.25) is 0 Å². The Bertz CT molecular complexity index is 272. The van der Waals surface area contributed by atoms with Gasteiger partial charge in [-0.05, 0) is 51.0 Å². The minimum Gasteiger partial charge on any atom is -0.381 e. The van der Waals surface area contributed by atoms with Crippen LogP contribution in [0, 0.1) is 5.92 Å². The molecule has 0 spiro atoms. The highest BCUT2D eigenvalue weighted by atomic mass is 16.5. The summed E-state index contributed by atoms with van der Waals surface area (Å²) in [6.45, 7) is 1.24. The fourth-order valence-corrected chi connectivity index (χ4v) is 4.29. The van der Waals surface area contributed by atoms with Crippen LogP contribution in [-0.2, 0) is 4.74 Å². The van der Waals surface area contributed by atoms with E-state index in [-0.39, 0.29) is 0 Å². The van der Waals surface area contributed by atoms with Gasteiger partial charge >= 0.3 is 0 Å². The summed E-state index contributed by atoms with van der Waals surface area (Å²) < 4.78 is 5.40. The average molecular weight is 266 g/mol. The molecule has 0 amide bonds. The quantitative estimate of drug-likeness (QED) is 0.820. The molecule has 19 heavy (non-hydrogen) atoms. The van der Waals surface area contributed by atoms with Crippen LogP contribution >= 0.6 is 0 Å². The van der Waals surface area contributed by atoms with E-state index in [1.165, 1.54) is 64.3 Å². The van der Waals surface area contributed by atoms with Crippen molar-refractivity contribution in [2.24, 2.45) is 5.92 Å². The van der Waals surface area contributed by atoms with Gasteiger partial charge in [-0.15, -0.1) is 0 Å². The Morgan fingerprint density at radius 2 is 1.79 bits per heavy atom. The lowest BCUT2D eigenvalue weighted by Gasteiger charge is -2.44. The van der Waals surface area contributed by atoms with Crippen molar-refractivity contribution in [3.8, 4) is 0 Å². The van der Waals surface area contributed by atoms with Crippen molar-refractivity contribution >= 4 is 0 Å². The predicted molar refractivity (Wildman–Crippen MR) is 78.3 cm³/mol. The molecule has 2 N–H and O–H groups in total. The molecule has 3 nitrogen and oxygen atoms in total. The summed E-state index contributed by atoms with van der Waals surface area (Å²) in [4.78, 5) is 0. The van der Waals surface area contributed by atoms with Gasteiger partial charge in [-0.2, -0.15) is 0 Å². The van der Waals surface area contributed by atoms with Gasteiger partial charge in [-0.1, -0.05) is 19.3 Å². The summed E-state index contributed by atoms with van der Waals surface area (Å²) in [7, 11) is 1.84. The third-order valence-corrected chi connectivity index (χ3v) is 5.56. The highest BCUT2D eigenvalue weighted by Crippen LogP contribution is 2.32. The van der Waals surface area contributed by atoms with Crippen molar-refractivity contribution in [2.45, 2.75) is 82.0 Å². The van der Waals surface area contributed by atoms with Crippen LogP contribution in [0.2, 0.25) is 0 Å². The molecule has 0 radical (unpaired) electrons. The van der Waals surface area contributed by atoms with Crippen LogP contribution < -0.4 is 10.6 Å². The first-order chi connectivity index (χ1) is 9.36. The third kappa shape index (κ3) is 3.32. The first-order valence-electron chi connectivity index (χ1n) is 8.39. The molecule has 3 aliphatic rings. The van der Waals surface area contributed by atoms with E-state index >= 15 is 0 Å². The first-order valence-corrected chi connectivity index (χ1v) is 8.39. The molecule has 1 aliphatic heterocycles. The summed E-state index contributed by atoms with van der Waals surface area (Å²) in [6, 6.07) is 2.26. The second-order valence-electron chi connectivity index (χ2n) is 6.80. The molecule has 1 saturated heterocycles. The van der Waals surface area contributed by atoms with Crippen molar-refractivity contribution in [3.63, 3.8) is 0 Å². The van der Waals surface area contributed by atoms with Crippen LogP contribution in [-0.4, -0.2) is 37.9 Å². The van der Waals surface area contributed by atoms with E-state index in [4.69, 9.17) is 4.74 Å². The molecule has 3 heteroatoms. The zero-order chi connectivity index (χ0) is 13.1. The largest absolute Gasteiger partial charge is 0.381 e. The molecule has 1 heterocycles. The van der Waals surface area contributed by atoms with Gasteiger partial charge < -0.3 is 15.4 Å². The molecule has 3 atom stereocenters. The molecule has 3 unspecified atom stereocenters. The van der Waals surface area contributed by atoms with Crippen molar-refractivity contribution < 1.29 is 4.74 Å². The van der Waals surface area contributed by atoms with Gasteiger partial charge in [0.25, 0.3) is 0 Å². The SMILES string of the molecule is COC1CC(NC2CCCCC2C2CCCCN2)C1. The van der Waals surface area contributed by atoms with Crippen molar-refractivity contribution in [2.75, 3.05) is 13.7 Å². The second kappa shape index (κ2) is 6.55. The summed E-state index contributed by atoms with van der Waals surface area (Å²) in [5.74, 6) is 0.871. The molecule has 0 bridgehead atoms. The minimum atomic E-state index is 0.521. The third-order valence-electron chi connectivity index (χ3n) is 5.56. The maximum absolute atomic E-state index is 5.40. The van der Waals surface area contributed by atoms with Crippen molar-refractivity contribution in [1.82, 2.24) is 10.6 Å². The molecule has 3 rings (SSSR count). The highest BCUT2D eigenvalue weighted by molar-refractivity contribution is 4.95. The van der Waals surface area contributed by atoms with Gasteiger partial charge in [0.2, 0.25) is 0 Å². The Balaban J connectivity index is 1.52. The van der Waals surface area contributed by atoms with E-state index in [0.29, 0.717) is 6.10 Å². The molecule has 0 aromatic carbocycles. The van der Waals surface area contributed by atoms with Gasteiger partial charge in [0.05, 0.1) is 6.10 Å². The van der Waals surface area contributed by atoms with Gasteiger partial charge in [-0.25, -0.2) is 0 Å². The lowest BCUT2D eigenvalue weighted by atomic mass is 9.76. The topological polar surface area (TPSA) is 33.3 Å². The molecule has 2 saturated carbocycles. The number of hydrogen-bond acceptors (Lipinski definition) is 3. The van der Waals surface area contributed by atoms with E-state index in [1.54, 1.807) is 0 Å². The van der Waals surface area contributed by atoms with Crippen molar-refractivity contribution in [3.05, 3.63) is 0 Å². The van der Waals surface area contributed by atoms with E-state index in [9.17, 15) is 0 Å². The zero-order valence-corrected chi connectivity index (χ0v) is 12.4. The number of hydrogen-bond donors (Lipinski definition) is 2. The van der Waals surface area contributed by atoms with Gasteiger partial charge in [0, 0.05) is 25.2 Å². The molecular formula is C16H30N2O. The smallest absolute Gasteiger partial charge is 0.0601 e. The molecule has 3 fully saturated rings. The fraction of sp³-hybridized carbons (Fsp3) is 1.00. The Hall–Kier alpha value is -0.120. The Labute approximate surface area is 117 Å². The van der Waals surface area contributed by atoms with Crippen LogP contribution in [0.4, 0.5) is 0 Å². The second-order valence-corrected chi connectivity index (χ2v) is 6.80. The van der Waals surface area contributed by atoms with Crippen LogP contribution in [0.5, 0.6) is 0 Å². The van der Waals surface area contributed by atoms with E-state index in [0.717, 1.165) is 24.0 Å². The predicted octanol–water partition coefficient (Wildman–Crippen LogP) is 2.45. The molecule has 110 valence electrons. The standard InChI is InChI=1S/C16H30N2O/c1-19-13-10-12(11-13)18-16-8-3-2-6-14(16)15-7-4-5-9-17-15/h12-18H,2-11H2,1H3. The summed E-state index contributed by atoms with van der Waals surface area (Å²) >= 11 is 0. The number of nitrogens with one attached hydrogen (secondary N) is 2. The van der Waals surface area contributed by atoms with Crippen LogP contribution in [0.1, 0.15) is 57.8 Å². The first kappa shape index (κ1) is 13.8. The normalized spacial score (nSPS) is 43.7. The summed E-state index contributed by atoms with van der Waals surface area (Å²) in [6.07, 6.45) is 12.8. The van der Waals surface area contributed by atoms with Crippen LogP contribution in [0.25, 0.3) is 0 Å². The number of ether oxygens (including phenoxy) is 1. The average Bonchev–Trinajstić information content (AvgIpc) is 2.44. The van der Waals surface area contributed by atoms with Crippen LogP contribution in [0.3, 0.4) is 0 Å². The fourth-order valence-electron chi connectivity index (χ4n) is 4.29. The Morgan fingerprint density at radius 3 is 2.53 bits per heavy atom. The molecule has 2 aliphatic carbocycles. The lowest BCUT2D eigenvalue weighted by Crippen LogP contribution is -2.56. The Kier molecular flexibility index (Phi) is 4.78. The molecule has 0 aromatic heterocycles. The maximum Gasteiger partial charge on any atom is 0.0601 e. The maximum atomic E-state index is 5.40. The van der Waals surface area contributed by atoms with Crippen LogP contribution in [0.15, 0.2) is 0 Å². The zero-order valence-electron chi connectivity index (χ0n) is 12.4. The van der Waals surface area contributed by atoms with E-state index in [1.807, 2.05) is 7.11 Å². The van der Waals surface area contributed by atoms with Gasteiger partial charge in [0.15, 0.2) is 0 Å². The minimum absolute atomic E-state index is 0.521.